The van der Waals surface area contributed by atoms with Crippen molar-refractivity contribution in [1.29, 1.82) is 0 Å². The van der Waals surface area contributed by atoms with Crippen LogP contribution < -0.4 is 0 Å². The number of hydrogen-bond acceptors (Lipinski definition) is 6. The molecule has 0 aliphatic carbocycles. The molecule has 3 fully saturated rings. The Balaban J connectivity index is 1.38. The van der Waals surface area contributed by atoms with Gasteiger partial charge in [0.05, 0.1) is 11.5 Å². The van der Waals surface area contributed by atoms with Crippen LogP contribution in [0.5, 0.6) is 0 Å². The number of nitrogens with zero attached hydrogens (tertiary/aromatic N) is 1. The van der Waals surface area contributed by atoms with Gasteiger partial charge in [0.2, 0.25) is 14.7 Å². The quantitative estimate of drug-likeness (QED) is 0.247. The Morgan fingerprint density at radius 1 is 0.970 bits per heavy atom. The van der Waals surface area contributed by atoms with Gasteiger partial charge in [0.25, 0.3) is 0 Å². The Kier molecular flexibility index (Phi) is 8.03. The minimum atomic E-state index is -3.74. The second kappa shape index (κ2) is 10.5. The lowest BCUT2D eigenvalue weighted by atomic mass is 9.98. The Labute approximate surface area is 200 Å². The van der Waals surface area contributed by atoms with Crippen molar-refractivity contribution in [3.63, 3.8) is 0 Å². The standard InChI is InChI=1S/C25H41NO5SSi/c1-4-5-6-7-8-9-10-11-12-16-19-22-24-25(32(27,28)21-17-14-13-15-18-21)23(33(2,3)31-24)20-29-26(25)30-22/h13-15,17-18,22-24H,4-12,16,19-20H2,1-3H3/t22-,23-,24+,25-/m0/s1. The van der Waals surface area contributed by atoms with Crippen molar-refractivity contribution in [2.24, 2.45) is 0 Å². The van der Waals surface area contributed by atoms with Crippen molar-refractivity contribution < 1.29 is 22.5 Å². The molecule has 0 aromatic heterocycles. The first-order valence-electron chi connectivity index (χ1n) is 12.9. The molecule has 1 aromatic rings. The maximum absolute atomic E-state index is 14.0. The van der Waals surface area contributed by atoms with Crippen molar-refractivity contribution in [2.75, 3.05) is 6.61 Å². The van der Waals surface area contributed by atoms with Crippen molar-refractivity contribution in [1.82, 2.24) is 5.23 Å². The van der Waals surface area contributed by atoms with Gasteiger partial charge in [-0.1, -0.05) is 89.3 Å². The third-order valence-corrected chi connectivity index (χ3v) is 13.5. The highest BCUT2D eigenvalue weighted by atomic mass is 32.2. The van der Waals surface area contributed by atoms with Crippen LogP contribution in [0.3, 0.4) is 0 Å². The van der Waals surface area contributed by atoms with E-state index in [0.29, 0.717) is 11.5 Å². The molecule has 8 heteroatoms. The predicted octanol–water partition coefficient (Wildman–Crippen LogP) is 6.00. The molecule has 0 amide bonds. The molecular weight excluding hydrogens is 454 g/mol. The Morgan fingerprint density at radius 3 is 2.21 bits per heavy atom. The molecular formula is C25H41NO5SSi. The molecule has 0 saturated carbocycles. The van der Waals surface area contributed by atoms with E-state index < -0.39 is 29.1 Å². The molecule has 3 aliphatic heterocycles. The highest BCUT2D eigenvalue weighted by Crippen LogP contribution is 2.62. The van der Waals surface area contributed by atoms with Gasteiger partial charge in [-0.3, -0.25) is 9.68 Å². The molecule has 3 aliphatic rings. The summed E-state index contributed by atoms with van der Waals surface area (Å²) < 4.78 is 34.6. The highest BCUT2D eigenvalue weighted by molar-refractivity contribution is 7.93. The zero-order chi connectivity index (χ0) is 23.5. The molecule has 6 nitrogen and oxygen atoms in total. The first-order chi connectivity index (χ1) is 15.9. The average Bonchev–Trinajstić information content (AvgIpc) is 3.41. The second-order valence-electron chi connectivity index (χ2n) is 10.4. The maximum Gasteiger partial charge on any atom is 0.210 e. The molecule has 0 unspecified atom stereocenters. The summed E-state index contributed by atoms with van der Waals surface area (Å²) in [6.45, 7) is 6.82. The molecule has 33 heavy (non-hydrogen) atoms. The van der Waals surface area contributed by atoms with Crippen LogP contribution in [-0.4, -0.2) is 45.6 Å². The largest absolute Gasteiger partial charge is 0.408 e. The predicted molar refractivity (Wildman–Crippen MR) is 132 cm³/mol. The third-order valence-electron chi connectivity index (χ3n) is 7.72. The summed E-state index contributed by atoms with van der Waals surface area (Å²) in [5.41, 5.74) is -0.182. The fourth-order valence-electron chi connectivity index (χ4n) is 5.88. The molecule has 0 radical (unpaired) electrons. The van der Waals surface area contributed by atoms with Crippen molar-refractivity contribution in [2.45, 2.75) is 118 Å². The smallest absolute Gasteiger partial charge is 0.210 e. The van der Waals surface area contributed by atoms with Gasteiger partial charge in [-0.2, -0.15) is 0 Å². The first-order valence-corrected chi connectivity index (χ1v) is 17.4. The summed E-state index contributed by atoms with van der Waals surface area (Å²) in [5.74, 6) is 0. The molecule has 3 heterocycles. The SMILES string of the molecule is CCCCCCCCCCCC[C@@H]1ON2OC[C@H]3[C@]2(S(=O)(=O)c2ccccc2)[C@@H]1O[Si]3(C)C. The molecule has 3 saturated heterocycles. The van der Waals surface area contributed by atoms with E-state index in [-0.39, 0.29) is 11.6 Å². The average molecular weight is 496 g/mol. The monoisotopic (exact) mass is 495 g/mol. The number of unbranched alkanes of at least 4 members (excludes halogenated alkanes) is 9. The van der Waals surface area contributed by atoms with Crippen molar-refractivity contribution in [3.8, 4) is 0 Å². The normalized spacial score (nSPS) is 30.7. The number of hydrogen-bond donors (Lipinski definition) is 0. The maximum atomic E-state index is 14.0. The molecule has 0 bridgehead atoms. The van der Waals surface area contributed by atoms with Crippen LogP contribution in [0, 0.1) is 0 Å². The Bertz CT molecular complexity index is 880. The molecule has 0 spiro atoms. The molecule has 4 rings (SSSR count). The van der Waals surface area contributed by atoms with E-state index in [1.54, 1.807) is 24.3 Å². The van der Waals surface area contributed by atoms with Crippen LogP contribution in [0.4, 0.5) is 0 Å². The van der Waals surface area contributed by atoms with E-state index in [0.717, 1.165) is 19.3 Å². The first kappa shape index (κ1) is 25.3. The van der Waals surface area contributed by atoms with Crippen molar-refractivity contribution >= 4 is 18.2 Å². The summed E-state index contributed by atoms with van der Waals surface area (Å²) in [6, 6.07) is 8.72. The fraction of sp³-hybridized carbons (Fsp3) is 0.760. The number of hydroxylamine groups is 2. The topological polar surface area (TPSA) is 65.1 Å². The van der Waals surface area contributed by atoms with Crippen LogP contribution in [0.2, 0.25) is 18.6 Å². The lowest BCUT2D eigenvalue weighted by Gasteiger charge is -2.30. The molecule has 0 N–H and O–H groups in total. The minimum Gasteiger partial charge on any atom is -0.408 e. The zero-order valence-electron chi connectivity index (χ0n) is 20.5. The van der Waals surface area contributed by atoms with E-state index in [4.69, 9.17) is 14.1 Å². The van der Waals surface area contributed by atoms with Gasteiger partial charge in [-0.25, -0.2) is 8.42 Å². The van der Waals surface area contributed by atoms with Crippen LogP contribution in [0.15, 0.2) is 35.2 Å². The number of sulfone groups is 1. The van der Waals surface area contributed by atoms with E-state index in [9.17, 15) is 8.42 Å². The number of benzene rings is 1. The van der Waals surface area contributed by atoms with E-state index in [1.165, 1.54) is 56.6 Å². The van der Waals surface area contributed by atoms with Gasteiger partial charge in [-0.05, 0) is 36.9 Å². The summed E-state index contributed by atoms with van der Waals surface area (Å²) in [4.78, 5) is 11.1. The summed E-state index contributed by atoms with van der Waals surface area (Å²) in [7, 11) is -6.03. The third kappa shape index (κ3) is 4.59. The van der Waals surface area contributed by atoms with E-state index in [1.807, 2.05) is 6.07 Å². The summed E-state index contributed by atoms with van der Waals surface area (Å²) in [5, 5.41) is 1.33. The van der Waals surface area contributed by atoms with Crippen LogP contribution >= 0.6 is 0 Å². The van der Waals surface area contributed by atoms with Gasteiger partial charge < -0.3 is 4.43 Å². The van der Waals surface area contributed by atoms with E-state index >= 15 is 0 Å². The minimum absolute atomic E-state index is 0.182. The van der Waals surface area contributed by atoms with Gasteiger partial charge >= 0.3 is 0 Å². The Morgan fingerprint density at radius 2 is 1.58 bits per heavy atom. The van der Waals surface area contributed by atoms with Crippen LogP contribution in [0.1, 0.15) is 77.6 Å². The number of rotatable bonds is 13. The van der Waals surface area contributed by atoms with E-state index in [2.05, 4.69) is 20.0 Å². The fourth-order valence-corrected chi connectivity index (χ4v) is 12.3. The zero-order valence-corrected chi connectivity index (χ0v) is 22.3. The summed E-state index contributed by atoms with van der Waals surface area (Å²) in [6.07, 6.45) is 12.7. The Hall–Kier alpha value is -0.773. The summed E-state index contributed by atoms with van der Waals surface area (Å²) >= 11 is 0. The van der Waals surface area contributed by atoms with Gasteiger partial charge in [0, 0.05) is 5.54 Å². The highest BCUT2D eigenvalue weighted by Gasteiger charge is 2.79. The second-order valence-corrected chi connectivity index (χ2v) is 16.7. The van der Waals surface area contributed by atoms with Crippen molar-refractivity contribution in [3.05, 3.63) is 30.3 Å². The molecule has 1 aromatic carbocycles. The van der Waals surface area contributed by atoms with Gasteiger partial charge in [0.1, 0.15) is 12.2 Å². The van der Waals surface area contributed by atoms with Crippen LogP contribution in [-0.2, 0) is 23.9 Å². The molecule has 186 valence electrons. The van der Waals surface area contributed by atoms with Gasteiger partial charge in [0.15, 0.2) is 8.32 Å². The molecule has 4 atom stereocenters. The lowest BCUT2D eigenvalue weighted by molar-refractivity contribution is -0.348. The van der Waals surface area contributed by atoms with Crippen LogP contribution in [0.25, 0.3) is 0 Å². The lowest BCUT2D eigenvalue weighted by Crippen LogP contribution is -2.53. The van der Waals surface area contributed by atoms with Gasteiger partial charge in [-0.15, -0.1) is 0 Å².